The molecule has 1 aliphatic carbocycles. The molecule has 0 spiro atoms. The SMILES string of the molecule is CN(C)c1ccc(/C=C2/CCCC3C2=NN(C(=O)c2ccc(-c4ncc(-c5ccccc5)o4)cc2)C3c2ccc(N(C)C)cc2)cc1. The van der Waals surface area contributed by atoms with Crippen molar-refractivity contribution in [2.24, 2.45) is 11.0 Å². The van der Waals surface area contributed by atoms with Gasteiger partial charge in [-0.3, -0.25) is 4.79 Å². The second kappa shape index (κ2) is 12.8. The van der Waals surface area contributed by atoms with Crippen molar-refractivity contribution in [2.75, 3.05) is 38.0 Å². The maximum absolute atomic E-state index is 14.3. The third-order valence-corrected chi connectivity index (χ3v) is 9.15. The first-order chi connectivity index (χ1) is 22.9. The summed E-state index contributed by atoms with van der Waals surface area (Å²) in [7, 11) is 8.17. The number of nitrogens with zero attached hydrogens (tertiary/aromatic N) is 5. The molecule has 1 fully saturated rings. The number of carbonyl (C=O) groups is 1. The van der Waals surface area contributed by atoms with Crippen LogP contribution < -0.4 is 9.80 Å². The molecule has 7 nitrogen and oxygen atoms in total. The van der Waals surface area contributed by atoms with Gasteiger partial charge in [-0.1, -0.05) is 54.6 Å². The van der Waals surface area contributed by atoms with Gasteiger partial charge >= 0.3 is 0 Å². The molecule has 1 aliphatic heterocycles. The number of amides is 1. The van der Waals surface area contributed by atoms with Crippen LogP contribution in [0.15, 0.2) is 124 Å². The third-order valence-electron chi connectivity index (χ3n) is 9.15. The van der Waals surface area contributed by atoms with Crippen LogP contribution in [0.5, 0.6) is 0 Å². The van der Waals surface area contributed by atoms with E-state index in [0.717, 1.165) is 58.6 Å². The summed E-state index contributed by atoms with van der Waals surface area (Å²) in [4.78, 5) is 23.0. The molecule has 1 saturated carbocycles. The van der Waals surface area contributed by atoms with Gasteiger partial charge < -0.3 is 14.2 Å². The van der Waals surface area contributed by atoms with Crippen LogP contribution in [0.1, 0.15) is 46.8 Å². The molecule has 1 aromatic heterocycles. The van der Waals surface area contributed by atoms with Crippen LogP contribution in [0.3, 0.4) is 0 Å². The molecule has 1 amide bonds. The Bertz CT molecular complexity index is 1920. The number of hydrogen-bond donors (Lipinski definition) is 0. The van der Waals surface area contributed by atoms with E-state index in [0.29, 0.717) is 17.2 Å². The van der Waals surface area contributed by atoms with Crippen molar-refractivity contribution < 1.29 is 9.21 Å². The molecule has 2 heterocycles. The van der Waals surface area contributed by atoms with Gasteiger partial charge in [0.25, 0.3) is 5.91 Å². The van der Waals surface area contributed by atoms with Crippen LogP contribution in [-0.2, 0) is 0 Å². The second-order valence-corrected chi connectivity index (χ2v) is 12.7. The van der Waals surface area contributed by atoms with Crippen LogP contribution in [0.4, 0.5) is 11.4 Å². The Kier molecular flexibility index (Phi) is 8.21. The quantitative estimate of drug-likeness (QED) is 0.182. The number of fused-ring (bicyclic) bond motifs is 1. The number of carbonyl (C=O) groups excluding carboxylic acids is 1. The van der Waals surface area contributed by atoms with E-state index in [2.05, 4.69) is 69.4 Å². The van der Waals surface area contributed by atoms with Gasteiger partial charge in [0.2, 0.25) is 5.89 Å². The van der Waals surface area contributed by atoms with Gasteiger partial charge in [-0.2, -0.15) is 5.10 Å². The van der Waals surface area contributed by atoms with E-state index in [-0.39, 0.29) is 17.9 Å². The Labute approximate surface area is 276 Å². The average Bonchev–Trinajstić information content (AvgIpc) is 3.75. The smallest absolute Gasteiger partial charge is 0.274 e. The van der Waals surface area contributed by atoms with Crippen molar-refractivity contribution in [1.29, 1.82) is 0 Å². The Hall–Kier alpha value is -5.43. The molecule has 0 bridgehead atoms. The highest BCUT2D eigenvalue weighted by atomic mass is 16.4. The lowest BCUT2D eigenvalue weighted by Gasteiger charge is -2.30. The predicted molar refractivity (Wildman–Crippen MR) is 191 cm³/mol. The first-order valence-electron chi connectivity index (χ1n) is 16.1. The molecule has 7 heteroatoms. The number of anilines is 2. The van der Waals surface area contributed by atoms with Crippen LogP contribution in [0, 0.1) is 5.92 Å². The largest absolute Gasteiger partial charge is 0.436 e. The van der Waals surface area contributed by atoms with E-state index in [1.165, 1.54) is 5.57 Å². The molecule has 47 heavy (non-hydrogen) atoms. The fourth-order valence-corrected chi connectivity index (χ4v) is 6.57. The lowest BCUT2D eigenvalue weighted by atomic mass is 9.77. The summed E-state index contributed by atoms with van der Waals surface area (Å²) in [5.74, 6) is 1.22. The molecule has 0 radical (unpaired) electrons. The minimum atomic E-state index is -0.187. The van der Waals surface area contributed by atoms with Gasteiger partial charge in [0.15, 0.2) is 5.76 Å². The van der Waals surface area contributed by atoms with E-state index in [1.54, 1.807) is 11.2 Å². The summed E-state index contributed by atoms with van der Waals surface area (Å²) in [6.45, 7) is 0. The molecular weight excluding hydrogens is 582 g/mol. The monoisotopic (exact) mass is 621 g/mol. The first-order valence-corrected chi connectivity index (χ1v) is 16.1. The maximum Gasteiger partial charge on any atom is 0.274 e. The standard InChI is InChI=1S/C40H39N5O2/c1-43(2)33-21-13-27(14-22-33)25-32-11-8-12-35-37(32)42-45(38(35)29-19-23-34(24-20-29)44(3)4)40(46)31-17-15-30(16-18-31)39-41-26-36(47-39)28-9-6-5-7-10-28/h5-7,9-10,13-26,35,38H,8,11-12H2,1-4H3/b32-25-. The molecule has 0 N–H and O–H groups in total. The van der Waals surface area contributed by atoms with Crippen molar-refractivity contribution in [1.82, 2.24) is 9.99 Å². The number of rotatable bonds is 7. The van der Waals surface area contributed by atoms with Gasteiger partial charge in [-0.15, -0.1) is 0 Å². The number of oxazole rings is 1. The summed E-state index contributed by atoms with van der Waals surface area (Å²) < 4.78 is 6.06. The van der Waals surface area contributed by atoms with E-state index >= 15 is 0 Å². The maximum atomic E-state index is 14.3. The molecule has 2 atom stereocenters. The van der Waals surface area contributed by atoms with Crippen molar-refractivity contribution >= 4 is 29.1 Å². The summed E-state index contributed by atoms with van der Waals surface area (Å²) in [6.07, 6.45) is 6.95. The average molecular weight is 622 g/mol. The van der Waals surface area contributed by atoms with E-state index in [9.17, 15) is 4.79 Å². The lowest BCUT2D eigenvalue weighted by molar-refractivity contribution is 0.0681. The fraction of sp³-hybridized carbons (Fsp3) is 0.225. The Morgan fingerprint density at radius 2 is 1.47 bits per heavy atom. The number of aromatic nitrogens is 1. The summed E-state index contributed by atoms with van der Waals surface area (Å²) >= 11 is 0. The normalized spacial score (nSPS) is 18.2. The fourth-order valence-electron chi connectivity index (χ4n) is 6.57. The van der Waals surface area contributed by atoms with Crippen LogP contribution in [0.2, 0.25) is 0 Å². The van der Waals surface area contributed by atoms with Crippen molar-refractivity contribution in [2.45, 2.75) is 25.3 Å². The van der Waals surface area contributed by atoms with Gasteiger partial charge in [-0.25, -0.2) is 9.99 Å². The zero-order chi connectivity index (χ0) is 32.5. The van der Waals surface area contributed by atoms with Gasteiger partial charge in [0.1, 0.15) is 0 Å². The molecule has 2 unspecified atom stereocenters. The zero-order valence-corrected chi connectivity index (χ0v) is 27.3. The number of benzene rings is 4. The van der Waals surface area contributed by atoms with Crippen LogP contribution in [0.25, 0.3) is 28.9 Å². The predicted octanol–water partition coefficient (Wildman–Crippen LogP) is 8.58. The minimum absolute atomic E-state index is 0.118. The zero-order valence-electron chi connectivity index (χ0n) is 27.3. The molecule has 236 valence electrons. The molecule has 4 aromatic carbocycles. The Balaban J connectivity index is 1.21. The number of hydrogen-bond acceptors (Lipinski definition) is 6. The Morgan fingerprint density at radius 1 is 0.809 bits per heavy atom. The van der Waals surface area contributed by atoms with E-state index < -0.39 is 0 Å². The van der Waals surface area contributed by atoms with Crippen LogP contribution in [-0.4, -0.2) is 49.8 Å². The highest BCUT2D eigenvalue weighted by Crippen LogP contribution is 2.45. The van der Waals surface area contributed by atoms with Gasteiger partial charge in [0.05, 0.1) is 18.0 Å². The molecule has 2 aliphatic rings. The molecule has 5 aromatic rings. The van der Waals surface area contributed by atoms with Crippen LogP contribution >= 0.6 is 0 Å². The van der Waals surface area contributed by atoms with Crippen molar-refractivity contribution in [3.05, 3.63) is 132 Å². The third kappa shape index (κ3) is 6.09. The number of allylic oxidation sites excluding steroid dienone is 1. The van der Waals surface area contributed by atoms with E-state index in [4.69, 9.17) is 9.52 Å². The highest BCUT2D eigenvalue weighted by molar-refractivity contribution is 6.09. The van der Waals surface area contributed by atoms with Crippen molar-refractivity contribution in [3.8, 4) is 22.8 Å². The van der Waals surface area contributed by atoms with Gasteiger partial charge in [-0.05, 0) is 90.6 Å². The second-order valence-electron chi connectivity index (χ2n) is 12.7. The summed E-state index contributed by atoms with van der Waals surface area (Å²) in [5.41, 5.74) is 9.10. The lowest BCUT2D eigenvalue weighted by Crippen LogP contribution is -2.32. The Morgan fingerprint density at radius 3 is 2.13 bits per heavy atom. The molecule has 0 saturated heterocycles. The summed E-state index contributed by atoms with van der Waals surface area (Å²) in [5, 5.41) is 6.85. The molecule has 7 rings (SSSR count). The van der Waals surface area contributed by atoms with E-state index in [1.807, 2.05) is 82.8 Å². The highest BCUT2D eigenvalue weighted by Gasteiger charge is 2.44. The van der Waals surface area contributed by atoms with Gasteiger partial charge in [0, 0.05) is 62.2 Å². The first kappa shape index (κ1) is 30.2. The van der Waals surface area contributed by atoms with Crippen molar-refractivity contribution in [3.63, 3.8) is 0 Å². The number of hydrazone groups is 1. The summed E-state index contributed by atoms with van der Waals surface area (Å²) in [6, 6.07) is 34.3. The molecular formula is C40H39N5O2. The minimum Gasteiger partial charge on any atom is -0.436 e. The topological polar surface area (TPSA) is 65.2 Å².